The predicted molar refractivity (Wildman–Crippen MR) is 101 cm³/mol. The maximum absolute atomic E-state index is 14.2. The first kappa shape index (κ1) is 21.3. The quantitative estimate of drug-likeness (QED) is 0.685. The summed E-state index contributed by atoms with van der Waals surface area (Å²) in [5.41, 5.74) is -0.103. The Hall–Kier alpha value is -2.96. The molecule has 0 unspecified atom stereocenters. The van der Waals surface area contributed by atoms with E-state index in [2.05, 4.69) is 14.1 Å². The molecule has 2 fully saturated rings. The second-order valence-electron chi connectivity index (χ2n) is 7.34. The molecular formula is C18H17F4N5O3S. The average Bonchev–Trinajstić information content (AvgIpc) is 3.25. The standard InChI is InChI=1S/C18H17F4N5O3S/c1-9(28)27-7-14(18(21,22)8-27)23-17(29)15-16(25-31-24-15)26-5-11(6-26)30-10-2-3-12(19)13(20)4-10/h2-4,11,14H,5-8H2,1H3,(H,23,29)/t14-/m0/s1. The van der Waals surface area contributed by atoms with Crippen LogP contribution < -0.4 is 15.0 Å². The van der Waals surface area contributed by atoms with E-state index in [9.17, 15) is 27.2 Å². The average molecular weight is 459 g/mol. The van der Waals surface area contributed by atoms with Crippen LogP contribution in [0.1, 0.15) is 17.4 Å². The van der Waals surface area contributed by atoms with Gasteiger partial charge in [-0.25, -0.2) is 17.6 Å². The number of hydrogen-bond donors (Lipinski definition) is 1. The number of rotatable bonds is 5. The Balaban J connectivity index is 1.37. The minimum absolute atomic E-state index is 0.103. The van der Waals surface area contributed by atoms with Crippen LogP contribution in [0.4, 0.5) is 23.4 Å². The first-order valence-electron chi connectivity index (χ1n) is 9.27. The van der Waals surface area contributed by atoms with E-state index >= 15 is 0 Å². The van der Waals surface area contributed by atoms with Crippen molar-refractivity contribution in [3.63, 3.8) is 0 Å². The SMILES string of the molecule is CC(=O)N1C[C@H](NC(=O)c2nsnc2N2CC(Oc3ccc(F)c(F)c3)C2)C(F)(F)C1. The zero-order valence-electron chi connectivity index (χ0n) is 16.1. The van der Waals surface area contributed by atoms with Crippen molar-refractivity contribution >= 4 is 29.4 Å². The molecule has 4 rings (SSSR count). The summed E-state index contributed by atoms with van der Waals surface area (Å²) in [6, 6.07) is 1.67. The fraction of sp³-hybridized carbons (Fsp3) is 0.444. The molecule has 2 aliphatic rings. The molecule has 1 aromatic carbocycles. The van der Waals surface area contributed by atoms with Gasteiger partial charge in [0, 0.05) is 19.5 Å². The molecule has 1 N–H and O–H groups in total. The lowest BCUT2D eigenvalue weighted by atomic mass is 10.1. The number of anilines is 1. The van der Waals surface area contributed by atoms with E-state index in [-0.39, 0.29) is 29.9 Å². The highest BCUT2D eigenvalue weighted by Gasteiger charge is 2.50. The van der Waals surface area contributed by atoms with E-state index in [1.54, 1.807) is 4.90 Å². The Kier molecular flexibility index (Phi) is 5.45. The number of nitrogens with one attached hydrogen (secondary N) is 1. The maximum Gasteiger partial charge on any atom is 0.286 e. The van der Waals surface area contributed by atoms with Gasteiger partial charge in [-0.15, -0.1) is 0 Å². The molecule has 0 aliphatic carbocycles. The molecule has 0 spiro atoms. The van der Waals surface area contributed by atoms with Crippen molar-refractivity contribution in [2.75, 3.05) is 31.1 Å². The Morgan fingerprint density at radius 3 is 2.58 bits per heavy atom. The zero-order valence-corrected chi connectivity index (χ0v) is 17.0. The van der Waals surface area contributed by atoms with Crippen LogP contribution in [0.25, 0.3) is 0 Å². The summed E-state index contributed by atoms with van der Waals surface area (Å²) in [5, 5.41) is 2.25. The molecule has 8 nitrogen and oxygen atoms in total. The third-order valence-electron chi connectivity index (χ3n) is 5.09. The van der Waals surface area contributed by atoms with Gasteiger partial charge in [0.25, 0.3) is 11.8 Å². The number of halogens is 4. The Bertz CT molecular complexity index is 1010. The van der Waals surface area contributed by atoms with Gasteiger partial charge in [0.1, 0.15) is 17.9 Å². The second kappa shape index (κ2) is 7.94. The number of nitrogens with zero attached hydrogens (tertiary/aromatic N) is 4. The van der Waals surface area contributed by atoms with Crippen molar-refractivity contribution in [3.05, 3.63) is 35.5 Å². The zero-order chi connectivity index (χ0) is 22.3. The summed E-state index contributed by atoms with van der Waals surface area (Å²) in [6.07, 6.45) is -0.356. The number of carbonyl (C=O) groups is 2. The lowest BCUT2D eigenvalue weighted by molar-refractivity contribution is -0.129. The summed E-state index contributed by atoms with van der Waals surface area (Å²) < 4.78 is 68.1. The Morgan fingerprint density at radius 1 is 1.19 bits per heavy atom. The molecule has 0 bridgehead atoms. The summed E-state index contributed by atoms with van der Waals surface area (Å²) in [4.78, 5) is 26.6. The van der Waals surface area contributed by atoms with Gasteiger partial charge >= 0.3 is 0 Å². The Labute approximate surface area is 178 Å². The number of alkyl halides is 2. The van der Waals surface area contributed by atoms with Crippen molar-refractivity contribution < 1.29 is 31.9 Å². The number of carbonyl (C=O) groups excluding carboxylic acids is 2. The van der Waals surface area contributed by atoms with Crippen LogP contribution in [0.15, 0.2) is 18.2 Å². The highest BCUT2D eigenvalue weighted by Crippen LogP contribution is 2.30. The van der Waals surface area contributed by atoms with Crippen LogP contribution in [0, 0.1) is 11.6 Å². The van der Waals surface area contributed by atoms with Gasteiger partial charge in [0.2, 0.25) is 5.91 Å². The molecule has 2 amide bonds. The van der Waals surface area contributed by atoms with E-state index in [1.807, 2.05) is 0 Å². The number of aromatic nitrogens is 2. The lowest BCUT2D eigenvalue weighted by Gasteiger charge is -2.39. The van der Waals surface area contributed by atoms with Crippen molar-refractivity contribution in [2.45, 2.75) is 25.0 Å². The van der Waals surface area contributed by atoms with E-state index in [4.69, 9.17) is 4.74 Å². The van der Waals surface area contributed by atoms with Crippen LogP contribution >= 0.6 is 11.7 Å². The topological polar surface area (TPSA) is 87.7 Å². The summed E-state index contributed by atoms with van der Waals surface area (Å²) in [5.74, 6) is -6.20. The first-order chi connectivity index (χ1) is 14.6. The molecule has 13 heteroatoms. The van der Waals surface area contributed by atoms with Crippen LogP contribution in [0.2, 0.25) is 0 Å². The monoisotopic (exact) mass is 459 g/mol. The molecule has 166 valence electrons. The molecule has 1 atom stereocenters. The highest BCUT2D eigenvalue weighted by atomic mass is 32.1. The number of hydrogen-bond acceptors (Lipinski definition) is 7. The molecule has 0 saturated carbocycles. The van der Waals surface area contributed by atoms with E-state index in [0.717, 1.165) is 28.8 Å². The number of benzene rings is 1. The van der Waals surface area contributed by atoms with Crippen LogP contribution in [-0.4, -0.2) is 69.7 Å². The third kappa shape index (κ3) is 4.27. The van der Waals surface area contributed by atoms with Crippen molar-refractivity contribution in [2.24, 2.45) is 0 Å². The van der Waals surface area contributed by atoms with Gasteiger partial charge in [-0.2, -0.15) is 8.75 Å². The van der Waals surface area contributed by atoms with Crippen molar-refractivity contribution in [1.29, 1.82) is 0 Å². The minimum atomic E-state index is -3.26. The first-order valence-corrected chi connectivity index (χ1v) is 10.0. The van der Waals surface area contributed by atoms with Gasteiger partial charge in [0.05, 0.1) is 31.4 Å². The fourth-order valence-electron chi connectivity index (χ4n) is 3.36. The van der Waals surface area contributed by atoms with Crippen LogP contribution in [0.5, 0.6) is 5.75 Å². The van der Waals surface area contributed by atoms with Gasteiger partial charge in [-0.3, -0.25) is 9.59 Å². The van der Waals surface area contributed by atoms with Gasteiger partial charge < -0.3 is 19.9 Å². The molecule has 2 saturated heterocycles. The van der Waals surface area contributed by atoms with Gasteiger partial charge in [-0.05, 0) is 12.1 Å². The molecule has 2 aromatic rings. The fourth-order valence-corrected chi connectivity index (χ4v) is 3.93. The highest BCUT2D eigenvalue weighted by molar-refractivity contribution is 6.99. The number of ether oxygens (including phenoxy) is 1. The van der Waals surface area contributed by atoms with E-state index in [1.165, 1.54) is 13.0 Å². The second-order valence-corrected chi connectivity index (χ2v) is 7.87. The van der Waals surface area contributed by atoms with Gasteiger partial charge in [0.15, 0.2) is 23.1 Å². The molecule has 3 heterocycles. The predicted octanol–water partition coefficient (Wildman–Crippen LogP) is 1.68. The normalized spacial score (nSPS) is 20.5. The number of likely N-dealkylation sites (tertiary alicyclic amines) is 1. The van der Waals surface area contributed by atoms with Crippen LogP contribution in [-0.2, 0) is 4.79 Å². The van der Waals surface area contributed by atoms with Gasteiger partial charge in [-0.1, -0.05) is 0 Å². The third-order valence-corrected chi connectivity index (χ3v) is 5.61. The van der Waals surface area contributed by atoms with Crippen molar-refractivity contribution in [3.8, 4) is 5.75 Å². The summed E-state index contributed by atoms with van der Waals surface area (Å²) >= 11 is 0.758. The minimum Gasteiger partial charge on any atom is -0.487 e. The van der Waals surface area contributed by atoms with E-state index in [0.29, 0.717) is 13.1 Å². The summed E-state index contributed by atoms with van der Waals surface area (Å²) in [7, 11) is 0. The molecule has 31 heavy (non-hydrogen) atoms. The summed E-state index contributed by atoms with van der Waals surface area (Å²) in [6.45, 7) is 0.718. The molecule has 2 aliphatic heterocycles. The Morgan fingerprint density at radius 2 is 1.94 bits per heavy atom. The molecule has 0 radical (unpaired) electrons. The smallest absolute Gasteiger partial charge is 0.286 e. The molecule has 1 aromatic heterocycles. The van der Waals surface area contributed by atoms with E-state index < -0.39 is 42.0 Å². The van der Waals surface area contributed by atoms with Crippen LogP contribution in [0.3, 0.4) is 0 Å². The molecular weight excluding hydrogens is 442 g/mol. The largest absolute Gasteiger partial charge is 0.487 e. The maximum atomic E-state index is 14.2. The van der Waals surface area contributed by atoms with Crippen molar-refractivity contribution in [1.82, 2.24) is 19.0 Å². The number of amides is 2. The lowest BCUT2D eigenvalue weighted by Crippen LogP contribution is -2.55.